The predicted octanol–water partition coefficient (Wildman–Crippen LogP) is 0.130. The van der Waals surface area contributed by atoms with Crippen molar-refractivity contribution in [3.63, 3.8) is 0 Å². The van der Waals surface area contributed by atoms with E-state index in [2.05, 4.69) is 31.0 Å². The minimum absolute atomic E-state index is 0.124. The summed E-state index contributed by atoms with van der Waals surface area (Å²) in [5, 5.41) is 12.2. The van der Waals surface area contributed by atoms with Crippen LogP contribution in [0.4, 0.5) is 4.79 Å². The molecule has 0 aliphatic carbocycles. The van der Waals surface area contributed by atoms with Gasteiger partial charge in [-0.2, -0.15) is 5.10 Å². The molecule has 1 fully saturated rings. The molecular formula is C15H19N7O2. The molecule has 126 valence electrons. The van der Waals surface area contributed by atoms with Crippen LogP contribution in [0, 0.1) is 0 Å². The Labute approximate surface area is 138 Å². The molecule has 2 aromatic rings. The van der Waals surface area contributed by atoms with Crippen molar-refractivity contribution in [2.45, 2.75) is 31.8 Å². The van der Waals surface area contributed by atoms with Gasteiger partial charge in [0, 0.05) is 19.3 Å². The molecule has 1 saturated heterocycles. The van der Waals surface area contributed by atoms with Crippen molar-refractivity contribution >= 4 is 11.9 Å². The fourth-order valence-electron chi connectivity index (χ4n) is 2.45. The molecule has 3 amide bonds. The van der Waals surface area contributed by atoms with E-state index in [1.54, 1.807) is 23.3 Å². The Morgan fingerprint density at radius 2 is 2.29 bits per heavy atom. The third kappa shape index (κ3) is 4.06. The van der Waals surface area contributed by atoms with Crippen molar-refractivity contribution in [3.8, 4) is 5.82 Å². The van der Waals surface area contributed by atoms with Crippen LogP contribution in [-0.4, -0.2) is 44.3 Å². The van der Waals surface area contributed by atoms with Gasteiger partial charge >= 0.3 is 6.03 Å². The smallest absolute Gasteiger partial charge is 0.315 e. The second kappa shape index (κ2) is 7.53. The van der Waals surface area contributed by atoms with Gasteiger partial charge in [-0.1, -0.05) is 6.07 Å². The number of nitrogens with one attached hydrogen (secondary N) is 3. The summed E-state index contributed by atoms with van der Waals surface area (Å²) in [4.78, 5) is 31.9. The topological polar surface area (TPSA) is 114 Å². The van der Waals surface area contributed by atoms with Gasteiger partial charge in [0.1, 0.15) is 18.7 Å². The van der Waals surface area contributed by atoms with Crippen molar-refractivity contribution in [1.82, 2.24) is 35.7 Å². The van der Waals surface area contributed by atoms with Gasteiger partial charge in [-0.3, -0.25) is 4.79 Å². The zero-order valence-electron chi connectivity index (χ0n) is 13.1. The zero-order valence-corrected chi connectivity index (χ0v) is 13.1. The second-order valence-electron chi connectivity index (χ2n) is 5.53. The van der Waals surface area contributed by atoms with E-state index in [4.69, 9.17) is 0 Å². The number of urea groups is 1. The molecule has 24 heavy (non-hydrogen) atoms. The molecule has 9 heteroatoms. The molecule has 1 atom stereocenters. The first kappa shape index (κ1) is 15.9. The maximum atomic E-state index is 12.0. The number of carbonyl (C=O) groups is 2. The molecule has 0 bridgehead atoms. The number of rotatable bonds is 4. The fourth-order valence-corrected chi connectivity index (χ4v) is 2.45. The van der Waals surface area contributed by atoms with Gasteiger partial charge in [0.05, 0.1) is 0 Å². The summed E-state index contributed by atoms with van der Waals surface area (Å²) in [6.07, 6.45) is 7.17. The summed E-state index contributed by atoms with van der Waals surface area (Å²) in [7, 11) is 0. The number of aromatic nitrogens is 4. The number of pyridine rings is 1. The van der Waals surface area contributed by atoms with Gasteiger partial charge in [-0.15, -0.1) is 0 Å². The van der Waals surface area contributed by atoms with Crippen LogP contribution in [0.1, 0.15) is 24.8 Å². The van der Waals surface area contributed by atoms with Crippen LogP contribution in [-0.2, 0) is 11.3 Å². The lowest BCUT2D eigenvalue weighted by atomic mass is 10.1. The lowest BCUT2D eigenvalue weighted by Gasteiger charge is -2.15. The monoisotopic (exact) mass is 329 g/mol. The van der Waals surface area contributed by atoms with Crippen molar-refractivity contribution < 1.29 is 9.59 Å². The van der Waals surface area contributed by atoms with Crippen LogP contribution < -0.4 is 16.0 Å². The summed E-state index contributed by atoms with van der Waals surface area (Å²) in [6, 6.07) is 2.81. The van der Waals surface area contributed by atoms with Crippen molar-refractivity contribution in [2.75, 3.05) is 6.54 Å². The summed E-state index contributed by atoms with van der Waals surface area (Å²) in [6.45, 7) is 0.993. The largest absolute Gasteiger partial charge is 0.354 e. The minimum Gasteiger partial charge on any atom is -0.354 e. The molecule has 0 aromatic carbocycles. The highest BCUT2D eigenvalue weighted by Crippen LogP contribution is 2.06. The van der Waals surface area contributed by atoms with E-state index in [-0.39, 0.29) is 11.9 Å². The fraction of sp³-hybridized carbons (Fsp3) is 0.400. The Morgan fingerprint density at radius 1 is 1.38 bits per heavy atom. The highest BCUT2D eigenvalue weighted by molar-refractivity contribution is 5.87. The first-order valence-electron chi connectivity index (χ1n) is 7.84. The van der Waals surface area contributed by atoms with E-state index in [1.165, 1.54) is 6.33 Å². The van der Waals surface area contributed by atoms with E-state index >= 15 is 0 Å². The van der Waals surface area contributed by atoms with Gasteiger partial charge in [0.15, 0.2) is 5.82 Å². The SMILES string of the molecule is O=C(NCc1ccc(-n2cncn2)nc1)N[C@H]1CCCCNC1=O. The normalized spacial score (nSPS) is 17.7. The highest BCUT2D eigenvalue weighted by atomic mass is 16.2. The molecule has 0 unspecified atom stereocenters. The Bertz CT molecular complexity index is 684. The number of carbonyl (C=O) groups excluding carboxylic acids is 2. The van der Waals surface area contributed by atoms with E-state index in [9.17, 15) is 9.59 Å². The molecule has 1 aliphatic heterocycles. The van der Waals surface area contributed by atoms with Gasteiger partial charge in [0.25, 0.3) is 0 Å². The van der Waals surface area contributed by atoms with E-state index in [0.29, 0.717) is 25.3 Å². The van der Waals surface area contributed by atoms with Crippen molar-refractivity contribution in [1.29, 1.82) is 0 Å². The Morgan fingerprint density at radius 3 is 3.04 bits per heavy atom. The predicted molar refractivity (Wildman–Crippen MR) is 85.2 cm³/mol. The molecule has 2 aromatic heterocycles. The molecule has 3 N–H and O–H groups in total. The van der Waals surface area contributed by atoms with Crippen LogP contribution in [0.3, 0.4) is 0 Å². The third-order valence-electron chi connectivity index (χ3n) is 3.76. The first-order chi connectivity index (χ1) is 11.7. The molecule has 1 aliphatic rings. The maximum Gasteiger partial charge on any atom is 0.315 e. The average Bonchev–Trinajstić information content (AvgIpc) is 3.06. The standard InChI is InChI=1S/C15H19N7O2/c23-14-12(3-1-2-6-17-14)21-15(24)19-8-11-4-5-13(18-7-11)22-10-16-9-20-22/h4-5,7,9-10,12H,1-3,6,8H2,(H,17,23)(H2,19,21,24)/t12-/m0/s1. The van der Waals surface area contributed by atoms with Gasteiger partial charge in [-0.05, 0) is 30.9 Å². The number of amides is 3. The van der Waals surface area contributed by atoms with E-state index in [1.807, 2.05) is 6.07 Å². The van der Waals surface area contributed by atoms with Crippen molar-refractivity contribution in [2.24, 2.45) is 0 Å². The maximum absolute atomic E-state index is 12.0. The Hall–Kier alpha value is -2.97. The molecule has 3 rings (SSSR count). The minimum atomic E-state index is -0.472. The lowest BCUT2D eigenvalue weighted by Crippen LogP contribution is -2.48. The highest BCUT2D eigenvalue weighted by Gasteiger charge is 2.22. The summed E-state index contributed by atoms with van der Waals surface area (Å²) in [5.74, 6) is 0.525. The molecule has 9 nitrogen and oxygen atoms in total. The molecular weight excluding hydrogens is 310 g/mol. The van der Waals surface area contributed by atoms with Gasteiger partial charge in [0.2, 0.25) is 5.91 Å². The van der Waals surface area contributed by atoms with Crippen LogP contribution in [0.25, 0.3) is 5.82 Å². The van der Waals surface area contributed by atoms with Crippen LogP contribution in [0.2, 0.25) is 0 Å². The zero-order chi connectivity index (χ0) is 16.8. The van der Waals surface area contributed by atoms with Gasteiger partial charge in [-0.25, -0.2) is 19.4 Å². The number of hydrogen-bond acceptors (Lipinski definition) is 5. The Kier molecular flexibility index (Phi) is 4.99. The molecule has 0 spiro atoms. The lowest BCUT2D eigenvalue weighted by molar-refractivity contribution is -0.122. The van der Waals surface area contributed by atoms with Crippen molar-refractivity contribution in [3.05, 3.63) is 36.5 Å². The molecule has 0 radical (unpaired) electrons. The second-order valence-corrected chi connectivity index (χ2v) is 5.53. The summed E-state index contributed by atoms with van der Waals surface area (Å²) in [5.41, 5.74) is 0.847. The average molecular weight is 329 g/mol. The van der Waals surface area contributed by atoms with Crippen LogP contribution >= 0.6 is 0 Å². The number of nitrogens with zero attached hydrogens (tertiary/aromatic N) is 4. The van der Waals surface area contributed by atoms with Gasteiger partial charge < -0.3 is 16.0 Å². The van der Waals surface area contributed by atoms with E-state index < -0.39 is 6.04 Å². The number of hydrogen-bond donors (Lipinski definition) is 3. The summed E-state index contributed by atoms with van der Waals surface area (Å²) >= 11 is 0. The summed E-state index contributed by atoms with van der Waals surface area (Å²) < 4.78 is 1.55. The third-order valence-corrected chi connectivity index (χ3v) is 3.76. The quantitative estimate of drug-likeness (QED) is 0.738. The van der Waals surface area contributed by atoms with E-state index in [0.717, 1.165) is 18.4 Å². The first-order valence-corrected chi connectivity index (χ1v) is 7.84. The molecule has 3 heterocycles. The van der Waals surface area contributed by atoms with Crippen LogP contribution in [0.5, 0.6) is 0 Å². The molecule has 0 saturated carbocycles. The Balaban J connectivity index is 1.50. The van der Waals surface area contributed by atoms with Crippen LogP contribution in [0.15, 0.2) is 31.0 Å².